The van der Waals surface area contributed by atoms with Crippen LogP contribution in [0.5, 0.6) is 0 Å². The SMILES string of the molecule is c1ccc(P(c2ccccc2)c2ccc(-n3c4ccc5ccccc5c4c4c5cccc6c5c(cc43)-c3nc4ccccc4nc3-6)cc2)cc1. The van der Waals surface area contributed by atoms with Gasteiger partial charge in [-0.15, -0.1) is 0 Å². The normalized spacial score (nSPS) is 12.2. The molecule has 0 saturated heterocycles. The van der Waals surface area contributed by atoms with Crippen molar-refractivity contribution >= 4 is 78.2 Å². The molecule has 0 amide bonds. The van der Waals surface area contributed by atoms with E-state index in [1.54, 1.807) is 0 Å². The van der Waals surface area contributed by atoms with E-state index in [9.17, 15) is 0 Å². The average Bonchev–Trinajstić information content (AvgIpc) is 3.69. The molecule has 3 nitrogen and oxygen atoms in total. The standard InChI is InChI=1S/C46H28N3P/c1-3-13-31(14-4-1)50(32-15-5-2-6-16-32)33-25-23-30(24-26-33)49-40-27-22-29-12-7-8-17-34(29)43(40)44-35-18-11-19-36-42(35)37(28-41(44)49)46-45(36)47-38-20-9-10-21-39(38)48-46/h1-28H. The molecule has 1 aliphatic rings. The monoisotopic (exact) mass is 653 g/mol. The Bertz CT molecular complexity index is 2930. The van der Waals surface area contributed by atoms with E-state index >= 15 is 0 Å². The van der Waals surface area contributed by atoms with Crippen LogP contribution in [0.25, 0.3) is 82.6 Å². The second-order valence-corrected chi connectivity index (χ2v) is 15.2. The number of nitrogens with zero attached hydrogens (tertiary/aromatic N) is 3. The van der Waals surface area contributed by atoms with E-state index in [0.717, 1.165) is 39.2 Å². The Morgan fingerprint density at radius 1 is 0.400 bits per heavy atom. The van der Waals surface area contributed by atoms with Gasteiger partial charge in [0.05, 0.1) is 33.5 Å². The minimum Gasteiger partial charge on any atom is -0.309 e. The average molecular weight is 654 g/mol. The van der Waals surface area contributed by atoms with Gasteiger partial charge >= 0.3 is 0 Å². The molecule has 0 atom stereocenters. The van der Waals surface area contributed by atoms with Crippen LogP contribution in [0.15, 0.2) is 170 Å². The highest BCUT2D eigenvalue weighted by atomic mass is 31.1. The molecule has 2 aromatic heterocycles. The molecule has 0 unspecified atom stereocenters. The van der Waals surface area contributed by atoms with Crippen molar-refractivity contribution in [3.05, 3.63) is 170 Å². The number of rotatable bonds is 4. The van der Waals surface area contributed by atoms with E-state index in [1.165, 1.54) is 59.3 Å². The summed E-state index contributed by atoms with van der Waals surface area (Å²) in [6.07, 6.45) is 0. The molecule has 8 aromatic carbocycles. The minimum atomic E-state index is -0.701. The molecular formula is C46H28N3P. The Balaban J connectivity index is 1.20. The molecule has 0 fully saturated rings. The summed E-state index contributed by atoms with van der Waals surface area (Å²) < 4.78 is 2.46. The van der Waals surface area contributed by atoms with Crippen LogP contribution in [0.4, 0.5) is 0 Å². The maximum Gasteiger partial charge on any atom is 0.0980 e. The number of para-hydroxylation sites is 2. The summed E-state index contributed by atoms with van der Waals surface area (Å²) in [6.45, 7) is 0. The van der Waals surface area contributed by atoms with Gasteiger partial charge in [0.25, 0.3) is 0 Å². The van der Waals surface area contributed by atoms with Gasteiger partial charge in [0.15, 0.2) is 0 Å². The summed E-state index contributed by atoms with van der Waals surface area (Å²) in [7, 11) is -0.701. The molecule has 1 aliphatic carbocycles. The molecule has 11 rings (SSSR count). The van der Waals surface area contributed by atoms with Crippen LogP contribution in [0.1, 0.15) is 0 Å². The Kier molecular flexibility index (Phi) is 5.93. The minimum absolute atomic E-state index is 0.701. The summed E-state index contributed by atoms with van der Waals surface area (Å²) >= 11 is 0. The van der Waals surface area contributed by atoms with Crippen LogP contribution in [-0.4, -0.2) is 14.5 Å². The Morgan fingerprint density at radius 2 is 0.980 bits per heavy atom. The van der Waals surface area contributed by atoms with Crippen molar-refractivity contribution in [2.24, 2.45) is 0 Å². The van der Waals surface area contributed by atoms with E-state index in [2.05, 4.69) is 162 Å². The first kappa shape index (κ1) is 27.8. The Morgan fingerprint density at radius 3 is 1.70 bits per heavy atom. The van der Waals surface area contributed by atoms with Crippen LogP contribution in [0.3, 0.4) is 0 Å². The zero-order chi connectivity index (χ0) is 32.8. The van der Waals surface area contributed by atoms with Crippen LogP contribution in [0.2, 0.25) is 0 Å². The third-order valence-electron chi connectivity index (χ3n) is 10.3. The maximum atomic E-state index is 5.23. The number of benzene rings is 8. The van der Waals surface area contributed by atoms with Crippen molar-refractivity contribution in [1.29, 1.82) is 0 Å². The Labute approximate surface area is 289 Å². The van der Waals surface area contributed by atoms with Crippen molar-refractivity contribution in [1.82, 2.24) is 14.5 Å². The van der Waals surface area contributed by atoms with Gasteiger partial charge in [0, 0.05) is 33.0 Å². The first-order chi connectivity index (χ1) is 24.8. The zero-order valence-corrected chi connectivity index (χ0v) is 27.8. The summed E-state index contributed by atoms with van der Waals surface area (Å²) in [5.41, 5.74) is 9.61. The number of hydrogen-bond acceptors (Lipinski definition) is 2. The number of hydrogen-bond donors (Lipinski definition) is 0. The van der Waals surface area contributed by atoms with Gasteiger partial charge in [-0.1, -0.05) is 133 Å². The molecular weight excluding hydrogens is 626 g/mol. The molecule has 4 heteroatoms. The fraction of sp³-hybridized carbons (Fsp3) is 0. The molecule has 232 valence electrons. The first-order valence-electron chi connectivity index (χ1n) is 17.0. The van der Waals surface area contributed by atoms with Crippen molar-refractivity contribution in [2.45, 2.75) is 0 Å². The topological polar surface area (TPSA) is 30.7 Å². The van der Waals surface area contributed by atoms with Crippen LogP contribution < -0.4 is 15.9 Å². The van der Waals surface area contributed by atoms with Gasteiger partial charge in [0.1, 0.15) is 0 Å². The molecule has 50 heavy (non-hydrogen) atoms. The zero-order valence-electron chi connectivity index (χ0n) is 27.0. The predicted molar refractivity (Wildman–Crippen MR) is 212 cm³/mol. The summed E-state index contributed by atoms with van der Waals surface area (Å²) in [5, 5.41) is 11.6. The fourth-order valence-corrected chi connectivity index (χ4v) is 10.4. The second kappa shape index (κ2) is 10.7. The smallest absolute Gasteiger partial charge is 0.0980 e. The maximum absolute atomic E-state index is 5.23. The number of aromatic nitrogens is 3. The molecule has 0 bridgehead atoms. The lowest BCUT2D eigenvalue weighted by Gasteiger charge is -2.20. The lowest BCUT2D eigenvalue weighted by Crippen LogP contribution is -2.20. The van der Waals surface area contributed by atoms with Crippen LogP contribution >= 0.6 is 7.92 Å². The van der Waals surface area contributed by atoms with E-state index in [-0.39, 0.29) is 0 Å². The summed E-state index contributed by atoms with van der Waals surface area (Å²) in [5.74, 6) is 0. The van der Waals surface area contributed by atoms with Crippen molar-refractivity contribution in [2.75, 3.05) is 0 Å². The van der Waals surface area contributed by atoms with Crippen molar-refractivity contribution < 1.29 is 0 Å². The van der Waals surface area contributed by atoms with Crippen molar-refractivity contribution in [3.8, 4) is 28.2 Å². The van der Waals surface area contributed by atoms with Gasteiger partial charge in [0.2, 0.25) is 0 Å². The lowest BCUT2D eigenvalue weighted by molar-refractivity contribution is 1.18. The first-order valence-corrected chi connectivity index (χ1v) is 18.4. The highest BCUT2D eigenvalue weighted by molar-refractivity contribution is 7.79. The Hall–Kier alpha value is -6.15. The van der Waals surface area contributed by atoms with Crippen LogP contribution in [-0.2, 0) is 0 Å². The van der Waals surface area contributed by atoms with Gasteiger partial charge in [-0.2, -0.15) is 0 Å². The summed E-state index contributed by atoms with van der Waals surface area (Å²) in [4.78, 5) is 10.4. The fourth-order valence-electron chi connectivity index (χ4n) is 8.14. The highest BCUT2D eigenvalue weighted by Gasteiger charge is 2.29. The van der Waals surface area contributed by atoms with E-state index in [1.807, 2.05) is 12.1 Å². The molecule has 0 radical (unpaired) electrons. The second-order valence-electron chi connectivity index (χ2n) is 13.0. The van der Waals surface area contributed by atoms with Gasteiger partial charge in [-0.05, 0) is 76.4 Å². The van der Waals surface area contributed by atoms with Crippen LogP contribution in [0, 0.1) is 0 Å². The van der Waals surface area contributed by atoms with E-state index in [0.29, 0.717) is 0 Å². The molecule has 0 saturated carbocycles. The summed E-state index contributed by atoms with van der Waals surface area (Å²) in [6, 6.07) is 61.7. The third kappa shape index (κ3) is 3.96. The predicted octanol–water partition coefficient (Wildman–Crippen LogP) is 10.4. The van der Waals surface area contributed by atoms with Gasteiger partial charge in [-0.3, -0.25) is 0 Å². The van der Waals surface area contributed by atoms with Gasteiger partial charge in [-0.25, -0.2) is 9.97 Å². The van der Waals surface area contributed by atoms with E-state index < -0.39 is 7.92 Å². The third-order valence-corrected chi connectivity index (χ3v) is 12.7. The van der Waals surface area contributed by atoms with E-state index in [4.69, 9.17) is 9.97 Å². The van der Waals surface area contributed by atoms with Crippen molar-refractivity contribution in [3.63, 3.8) is 0 Å². The molecule has 2 heterocycles. The largest absolute Gasteiger partial charge is 0.309 e. The highest BCUT2D eigenvalue weighted by Crippen LogP contribution is 2.51. The number of fused-ring (bicyclic) bond motifs is 10. The molecule has 10 aromatic rings. The molecule has 0 spiro atoms. The molecule has 0 aliphatic heterocycles. The lowest BCUT2D eigenvalue weighted by atomic mass is 9.97. The van der Waals surface area contributed by atoms with Gasteiger partial charge < -0.3 is 4.57 Å². The quantitative estimate of drug-likeness (QED) is 0.177. The molecule has 0 N–H and O–H groups in total.